The fourth-order valence-electron chi connectivity index (χ4n) is 6.69. The van der Waals surface area contributed by atoms with Crippen molar-refractivity contribution in [3.05, 3.63) is 98.7 Å². The molecule has 2 heteroatoms. The third kappa shape index (κ3) is 3.90. The van der Waals surface area contributed by atoms with Crippen molar-refractivity contribution < 1.29 is 20.4 Å². The van der Waals surface area contributed by atoms with Crippen molar-refractivity contribution >= 4 is 11.0 Å². The molecule has 0 saturated carbocycles. The predicted octanol–water partition coefficient (Wildman–Crippen LogP) is 8.64. The van der Waals surface area contributed by atoms with Gasteiger partial charge in [0.25, 0.3) is 0 Å². The second kappa shape index (κ2) is 8.46. The SMILES string of the molecule is CC1=C(C)[CH]([Zr]([CH]2C=C(c3ccccc3)c3cc4c(cc32)CC(C)(C)C4)=[Si](C)C)C(C)=C1C. The van der Waals surface area contributed by atoms with E-state index in [2.05, 4.69) is 103 Å². The Bertz CT molecular complexity index is 1260. The van der Waals surface area contributed by atoms with Crippen molar-refractivity contribution in [1.82, 2.24) is 0 Å². The van der Waals surface area contributed by atoms with Gasteiger partial charge in [0.15, 0.2) is 0 Å². The number of hydrogen-bond donors (Lipinski definition) is 0. The van der Waals surface area contributed by atoms with Crippen molar-refractivity contribution in [3.63, 3.8) is 0 Å². The summed E-state index contributed by atoms with van der Waals surface area (Å²) in [5.41, 5.74) is 16.0. The standard InChI is InChI=1S/C20H19.C9H13.C2H6Si.Zr/c1-20(2)12-16-10-15-8-9-18(14-6-4-3-5-7-14)19(15)11-17(16)13-20;1-6-5-7(2)9(4)8(6)3;1-3-2;/h3-11H,12-13H2,1-2H3;5H,1-4H3;1-2H3;. The topological polar surface area (TPSA) is 0 Å². The van der Waals surface area contributed by atoms with Gasteiger partial charge in [0.2, 0.25) is 0 Å². The number of benzene rings is 2. The van der Waals surface area contributed by atoms with E-state index < -0.39 is 20.4 Å². The van der Waals surface area contributed by atoms with Gasteiger partial charge in [0, 0.05) is 0 Å². The average Bonchev–Trinajstić information content (AvgIpc) is 3.34. The first-order valence-electron chi connectivity index (χ1n) is 12.5. The molecule has 3 aliphatic carbocycles. The van der Waals surface area contributed by atoms with Crippen LogP contribution in [0.15, 0.2) is 70.8 Å². The van der Waals surface area contributed by atoms with Gasteiger partial charge in [-0.1, -0.05) is 0 Å². The van der Waals surface area contributed by atoms with Crippen LogP contribution in [0.1, 0.15) is 73.0 Å². The summed E-state index contributed by atoms with van der Waals surface area (Å²) in [6.07, 6.45) is 5.20. The van der Waals surface area contributed by atoms with E-state index >= 15 is 0 Å². The molecule has 0 aromatic heterocycles. The first-order chi connectivity index (χ1) is 15.6. The maximum absolute atomic E-state index is 2.75. The van der Waals surface area contributed by atoms with E-state index in [1.807, 2.05) is 0 Å². The second-order valence-electron chi connectivity index (χ2n) is 11.7. The third-order valence-electron chi connectivity index (χ3n) is 8.59. The molecule has 0 bridgehead atoms. The van der Waals surface area contributed by atoms with E-state index in [1.165, 1.54) is 24.0 Å². The summed E-state index contributed by atoms with van der Waals surface area (Å²) < 4.78 is 1.48. The molecule has 2 aromatic carbocycles. The molecule has 0 spiro atoms. The van der Waals surface area contributed by atoms with Gasteiger partial charge < -0.3 is 0 Å². The van der Waals surface area contributed by atoms with Gasteiger partial charge in [-0.05, 0) is 0 Å². The van der Waals surface area contributed by atoms with Crippen LogP contribution >= 0.6 is 0 Å². The van der Waals surface area contributed by atoms with E-state index in [4.69, 9.17) is 0 Å². The molecule has 1 unspecified atom stereocenters. The molecule has 3 aliphatic rings. The fourth-order valence-corrected chi connectivity index (χ4v) is 27.2. The van der Waals surface area contributed by atoms with Crippen LogP contribution in [0.5, 0.6) is 0 Å². The summed E-state index contributed by atoms with van der Waals surface area (Å²) in [6, 6.07) is 16.5. The maximum atomic E-state index is 2.75. The monoisotopic (exact) mass is 528 g/mol. The Morgan fingerprint density at radius 2 is 1.42 bits per heavy atom. The summed E-state index contributed by atoms with van der Waals surface area (Å²) in [5, 5.41) is 0. The van der Waals surface area contributed by atoms with Gasteiger partial charge in [-0.3, -0.25) is 0 Å². The Balaban J connectivity index is 1.72. The van der Waals surface area contributed by atoms with Crippen molar-refractivity contribution in [3.8, 4) is 0 Å². The zero-order chi connectivity index (χ0) is 23.7. The Hall–Kier alpha value is -1.24. The summed E-state index contributed by atoms with van der Waals surface area (Å²) in [6.45, 7) is 19.8. The molecule has 33 heavy (non-hydrogen) atoms. The molecule has 0 fully saturated rings. The number of allylic oxidation sites excluding steroid dienone is 5. The normalized spacial score (nSPS) is 21.5. The van der Waals surface area contributed by atoms with Crippen LogP contribution in [0.4, 0.5) is 0 Å². The van der Waals surface area contributed by atoms with Crippen LogP contribution in [-0.2, 0) is 33.2 Å². The zero-order valence-electron chi connectivity index (χ0n) is 21.7. The van der Waals surface area contributed by atoms with Crippen molar-refractivity contribution in [2.75, 3.05) is 0 Å². The van der Waals surface area contributed by atoms with Crippen LogP contribution in [0, 0.1) is 5.41 Å². The van der Waals surface area contributed by atoms with Gasteiger partial charge in [0.05, 0.1) is 0 Å². The van der Waals surface area contributed by atoms with Gasteiger partial charge in [-0.15, -0.1) is 0 Å². The number of hydrogen-bond acceptors (Lipinski definition) is 0. The molecule has 0 saturated heterocycles. The van der Waals surface area contributed by atoms with Crippen LogP contribution in [0.2, 0.25) is 16.7 Å². The van der Waals surface area contributed by atoms with Gasteiger partial charge >= 0.3 is 210 Å². The van der Waals surface area contributed by atoms with E-state index in [1.54, 1.807) is 44.5 Å². The summed E-state index contributed by atoms with van der Waals surface area (Å²) in [5.74, 6) is 0. The molecule has 2 aromatic rings. The summed E-state index contributed by atoms with van der Waals surface area (Å²) in [4.78, 5) is 0. The molecule has 170 valence electrons. The summed E-state index contributed by atoms with van der Waals surface area (Å²) >= 11 is -1.92. The number of fused-ring (bicyclic) bond motifs is 2. The van der Waals surface area contributed by atoms with Crippen molar-refractivity contribution in [1.29, 1.82) is 0 Å². The molecule has 0 radical (unpaired) electrons. The first kappa shape index (κ1) is 23.5. The van der Waals surface area contributed by atoms with E-state index in [0.717, 1.165) is 3.63 Å². The van der Waals surface area contributed by atoms with Crippen LogP contribution in [-0.4, -0.2) is 5.43 Å². The first-order valence-corrected chi connectivity index (χ1v) is 21.6. The Labute approximate surface area is 209 Å². The Kier molecular flexibility index (Phi) is 6.02. The predicted molar refractivity (Wildman–Crippen MR) is 142 cm³/mol. The zero-order valence-corrected chi connectivity index (χ0v) is 25.1. The molecule has 0 amide bonds. The fraction of sp³-hybridized carbons (Fsp3) is 0.419. The number of rotatable bonds is 3. The minimum atomic E-state index is -1.92. The summed E-state index contributed by atoms with van der Waals surface area (Å²) in [7, 11) is 0. The molecule has 0 heterocycles. The minimum absolute atomic E-state index is 0.349. The van der Waals surface area contributed by atoms with Gasteiger partial charge in [0.1, 0.15) is 0 Å². The van der Waals surface area contributed by atoms with Crippen LogP contribution in [0.25, 0.3) is 5.57 Å². The molecule has 0 aliphatic heterocycles. The Morgan fingerprint density at radius 1 is 0.848 bits per heavy atom. The average molecular weight is 530 g/mol. The molecular formula is C31H38SiZr. The van der Waals surface area contributed by atoms with E-state index in [9.17, 15) is 0 Å². The van der Waals surface area contributed by atoms with Gasteiger partial charge in [-0.25, -0.2) is 0 Å². The molecular weight excluding hydrogens is 492 g/mol. The Morgan fingerprint density at radius 3 is 2.00 bits per heavy atom. The quantitative estimate of drug-likeness (QED) is 0.349. The van der Waals surface area contributed by atoms with E-state index in [-0.39, 0.29) is 5.43 Å². The van der Waals surface area contributed by atoms with Crippen molar-refractivity contribution in [2.24, 2.45) is 5.41 Å². The van der Waals surface area contributed by atoms with Crippen LogP contribution in [0.3, 0.4) is 0 Å². The second-order valence-corrected chi connectivity index (χ2v) is 29.6. The molecule has 1 atom stereocenters. The molecule has 5 rings (SSSR count). The van der Waals surface area contributed by atoms with E-state index in [0.29, 0.717) is 9.04 Å². The molecule has 0 nitrogen and oxygen atoms in total. The van der Waals surface area contributed by atoms with Crippen LogP contribution < -0.4 is 0 Å². The third-order valence-corrected chi connectivity index (χ3v) is 28.3. The molecule has 0 N–H and O–H groups in total. The van der Waals surface area contributed by atoms with Crippen molar-refractivity contribution in [2.45, 2.75) is 74.7 Å². The van der Waals surface area contributed by atoms with Gasteiger partial charge in [-0.2, -0.15) is 0 Å².